The number of morpholine rings is 1. The monoisotopic (exact) mass is 254 g/mol. The highest BCUT2D eigenvalue weighted by molar-refractivity contribution is 5.81. The summed E-state index contributed by atoms with van der Waals surface area (Å²) >= 11 is 0. The number of rotatable bonds is 4. The molecule has 0 aliphatic carbocycles. The van der Waals surface area contributed by atoms with Crippen LogP contribution in [0.15, 0.2) is 22.8 Å². The minimum atomic E-state index is -0.828. The number of hydrogen-bond donors (Lipinski definition) is 2. The number of nitrogens with one attached hydrogen (secondary N) is 1. The van der Waals surface area contributed by atoms with Crippen LogP contribution in [0, 0.1) is 0 Å². The number of nitrogens with zero attached hydrogens (tertiary/aromatic N) is 1. The van der Waals surface area contributed by atoms with Crippen LogP contribution >= 0.6 is 0 Å². The predicted octanol–water partition coefficient (Wildman–Crippen LogP) is -0.240. The third-order valence-electron chi connectivity index (χ3n) is 2.90. The molecule has 1 fully saturated rings. The molecule has 1 aromatic rings. The first-order valence-electron chi connectivity index (χ1n) is 5.96. The van der Waals surface area contributed by atoms with Gasteiger partial charge in [-0.1, -0.05) is 0 Å². The smallest absolute Gasteiger partial charge is 0.250 e. The Morgan fingerprint density at radius 1 is 1.72 bits per heavy atom. The van der Waals surface area contributed by atoms with E-state index in [4.69, 9.17) is 9.15 Å². The Morgan fingerprint density at radius 2 is 2.56 bits per heavy atom. The lowest BCUT2D eigenvalue weighted by molar-refractivity contribution is -0.138. The predicted molar refractivity (Wildman–Crippen MR) is 63.9 cm³/mol. The first-order chi connectivity index (χ1) is 8.66. The molecule has 100 valence electrons. The van der Waals surface area contributed by atoms with Crippen molar-refractivity contribution in [2.45, 2.75) is 12.2 Å². The van der Waals surface area contributed by atoms with E-state index in [2.05, 4.69) is 5.32 Å². The van der Waals surface area contributed by atoms with Gasteiger partial charge in [-0.05, 0) is 19.2 Å². The quantitative estimate of drug-likeness (QED) is 0.775. The van der Waals surface area contributed by atoms with Crippen molar-refractivity contribution < 1.29 is 19.1 Å². The summed E-state index contributed by atoms with van der Waals surface area (Å²) in [5.41, 5.74) is 0. The van der Waals surface area contributed by atoms with Gasteiger partial charge in [0.15, 0.2) is 0 Å². The molecule has 1 aliphatic rings. The van der Waals surface area contributed by atoms with E-state index in [-0.39, 0.29) is 12.5 Å². The van der Waals surface area contributed by atoms with Gasteiger partial charge in [-0.25, -0.2) is 0 Å². The fraction of sp³-hybridized carbons (Fsp3) is 0.583. The molecular formula is C12H18N2O4. The lowest BCUT2D eigenvalue weighted by Gasteiger charge is -2.29. The molecule has 6 heteroatoms. The first kappa shape index (κ1) is 13.1. The molecule has 1 aromatic heterocycles. The van der Waals surface area contributed by atoms with E-state index < -0.39 is 12.2 Å². The van der Waals surface area contributed by atoms with Crippen molar-refractivity contribution in [3.8, 4) is 0 Å². The minimum Gasteiger partial charge on any atom is -0.467 e. The van der Waals surface area contributed by atoms with Gasteiger partial charge in [0, 0.05) is 13.1 Å². The molecule has 0 bridgehead atoms. The van der Waals surface area contributed by atoms with E-state index in [0.29, 0.717) is 18.9 Å². The van der Waals surface area contributed by atoms with E-state index in [1.165, 1.54) is 6.26 Å². The van der Waals surface area contributed by atoms with Crippen LogP contribution in [0.5, 0.6) is 0 Å². The third kappa shape index (κ3) is 3.32. The lowest BCUT2D eigenvalue weighted by Crippen LogP contribution is -2.49. The number of furan rings is 1. The average molecular weight is 254 g/mol. The Hall–Kier alpha value is -1.37. The summed E-state index contributed by atoms with van der Waals surface area (Å²) in [7, 11) is 1.94. The molecule has 2 rings (SSSR count). The second-order valence-corrected chi connectivity index (χ2v) is 4.40. The molecule has 0 unspecified atom stereocenters. The third-order valence-corrected chi connectivity index (χ3v) is 2.90. The van der Waals surface area contributed by atoms with Gasteiger partial charge in [0.05, 0.1) is 19.4 Å². The van der Waals surface area contributed by atoms with Gasteiger partial charge >= 0.3 is 0 Å². The number of carbonyl (C=O) groups is 1. The van der Waals surface area contributed by atoms with E-state index in [0.717, 1.165) is 6.54 Å². The Bertz CT molecular complexity index is 379. The largest absolute Gasteiger partial charge is 0.467 e. The SMILES string of the molecule is CN1CCO[C@H](C(=O)NC[C@@H](O)c2ccco2)C1. The van der Waals surface area contributed by atoms with Gasteiger partial charge in [-0.15, -0.1) is 0 Å². The highest BCUT2D eigenvalue weighted by Crippen LogP contribution is 2.12. The lowest BCUT2D eigenvalue weighted by atomic mass is 10.2. The van der Waals surface area contributed by atoms with Gasteiger partial charge in [-0.2, -0.15) is 0 Å². The summed E-state index contributed by atoms with van der Waals surface area (Å²) in [6.07, 6.45) is 0.192. The van der Waals surface area contributed by atoms with Crippen LogP contribution in [-0.2, 0) is 9.53 Å². The number of hydrogen-bond acceptors (Lipinski definition) is 5. The average Bonchev–Trinajstić information content (AvgIpc) is 2.89. The van der Waals surface area contributed by atoms with E-state index >= 15 is 0 Å². The molecule has 1 saturated heterocycles. The van der Waals surface area contributed by atoms with Gasteiger partial charge < -0.3 is 24.5 Å². The molecule has 0 spiro atoms. The van der Waals surface area contributed by atoms with Crippen LogP contribution in [0.3, 0.4) is 0 Å². The highest BCUT2D eigenvalue weighted by Gasteiger charge is 2.25. The molecule has 2 atom stereocenters. The van der Waals surface area contributed by atoms with E-state index in [9.17, 15) is 9.90 Å². The topological polar surface area (TPSA) is 74.9 Å². The number of likely N-dealkylation sites (N-methyl/N-ethyl adjacent to an activating group) is 1. The normalized spacial score (nSPS) is 22.7. The van der Waals surface area contributed by atoms with Crippen molar-refractivity contribution in [3.05, 3.63) is 24.2 Å². The van der Waals surface area contributed by atoms with E-state index in [1.54, 1.807) is 12.1 Å². The van der Waals surface area contributed by atoms with Crippen molar-refractivity contribution in [2.75, 3.05) is 33.3 Å². The van der Waals surface area contributed by atoms with Crippen molar-refractivity contribution >= 4 is 5.91 Å². The van der Waals surface area contributed by atoms with Crippen LogP contribution < -0.4 is 5.32 Å². The number of aliphatic hydroxyl groups is 1. The Balaban J connectivity index is 1.77. The molecule has 1 aliphatic heterocycles. The van der Waals surface area contributed by atoms with Crippen molar-refractivity contribution in [1.82, 2.24) is 10.2 Å². The number of carbonyl (C=O) groups excluding carboxylic acids is 1. The highest BCUT2D eigenvalue weighted by atomic mass is 16.5. The maximum Gasteiger partial charge on any atom is 0.250 e. The first-order valence-corrected chi connectivity index (χ1v) is 5.96. The van der Waals surface area contributed by atoms with Crippen LogP contribution in [-0.4, -0.2) is 55.3 Å². The maximum atomic E-state index is 11.8. The summed E-state index contributed by atoms with van der Waals surface area (Å²) in [4.78, 5) is 13.9. The fourth-order valence-electron chi connectivity index (χ4n) is 1.83. The van der Waals surface area contributed by atoms with Crippen molar-refractivity contribution in [1.29, 1.82) is 0 Å². The zero-order valence-electron chi connectivity index (χ0n) is 10.3. The molecular weight excluding hydrogens is 236 g/mol. The molecule has 2 heterocycles. The van der Waals surface area contributed by atoms with Crippen LogP contribution in [0.25, 0.3) is 0 Å². The second kappa shape index (κ2) is 5.99. The summed E-state index contributed by atoms with van der Waals surface area (Å²) in [5, 5.41) is 12.4. The molecule has 0 radical (unpaired) electrons. The molecule has 0 aromatic carbocycles. The summed E-state index contributed by atoms with van der Waals surface area (Å²) in [6.45, 7) is 2.08. The Labute approximate surface area is 106 Å². The zero-order chi connectivity index (χ0) is 13.0. The molecule has 2 N–H and O–H groups in total. The fourth-order valence-corrected chi connectivity index (χ4v) is 1.83. The van der Waals surface area contributed by atoms with Crippen molar-refractivity contribution in [2.24, 2.45) is 0 Å². The number of ether oxygens (including phenoxy) is 1. The summed E-state index contributed by atoms with van der Waals surface area (Å²) < 4.78 is 10.4. The molecule has 18 heavy (non-hydrogen) atoms. The second-order valence-electron chi connectivity index (χ2n) is 4.40. The maximum absolute atomic E-state index is 11.8. The number of aliphatic hydroxyl groups excluding tert-OH is 1. The zero-order valence-corrected chi connectivity index (χ0v) is 10.3. The van der Waals surface area contributed by atoms with Gasteiger partial charge in [0.2, 0.25) is 0 Å². The summed E-state index contributed by atoms with van der Waals surface area (Å²) in [5.74, 6) is 0.240. The standard InChI is InChI=1S/C12H18N2O4/c1-14-4-6-18-11(8-14)12(16)13-7-9(15)10-3-2-5-17-10/h2-3,5,9,11,15H,4,6-8H2,1H3,(H,13,16)/t9-,11+/m1/s1. The van der Waals surface area contributed by atoms with E-state index in [1.807, 2.05) is 11.9 Å². The van der Waals surface area contributed by atoms with Gasteiger partial charge in [-0.3, -0.25) is 4.79 Å². The Kier molecular flexibility index (Phi) is 4.35. The van der Waals surface area contributed by atoms with Crippen LogP contribution in [0.4, 0.5) is 0 Å². The van der Waals surface area contributed by atoms with Gasteiger partial charge in [0.1, 0.15) is 18.0 Å². The Morgan fingerprint density at radius 3 is 3.22 bits per heavy atom. The molecule has 0 saturated carbocycles. The van der Waals surface area contributed by atoms with Crippen LogP contribution in [0.1, 0.15) is 11.9 Å². The van der Waals surface area contributed by atoms with Crippen LogP contribution in [0.2, 0.25) is 0 Å². The molecule has 6 nitrogen and oxygen atoms in total. The van der Waals surface area contributed by atoms with Gasteiger partial charge in [0.25, 0.3) is 5.91 Å². The summed E-state index contributed by atoms with van der Waals surface area (Å²) in [6, 6.07) is 3.36. The number of amides is 1. The molecule has 1 amide bonds. The van der Waals surface area contributed by atoms with Crippen molar-refractivity contribution in [3.63, 3.8) is 0 Å². The minimum absolute atomic E-state index is 0.121.